The Morgan fingerprint density at radius 3 is 2.55 bits per heavy atom. The molecule has 0 bridgehead atoms. The van der Waals surface area contributed by atoms with E-state index < -0.39 is 6.43 Å². The maximum absolute atomic E-state index is 12.7. The summed E-state index contributed by atoms with van der Waals surface area (Å²) in [6.45, 7) is 6.39. The van der Waals surface area contributed by atoms with Gasteiger partial charge in [0.2, 0.25) is 0 Å². The molecular formula is C15H24F2N2O. The van der Waals surface area contributed by atoms with Gasteiger partial charge in [-0.05, 0) is 18.6 Å². The first-order valence-corrected chi connectivity index (χ1v) is 6.91. The number of halogens is 2. The summed E-state index contributed by atoms with van der Waals surface area (Å²) in [6.07, 6.45) is -2.42. The summed E-state index contributed by atoms with van der Waals surface area (Å²) < 4.78 is 25.4. The molecule has 0 aliphatic rings. The van der Waals surface area contributed by atoms with E-state index in [0.29, 0.717) is 12.6 Å². The van der Waals surface area contributed by atoms with E-state index in [0.717, 1.165) is 16.8 Å². The maximum atomic E-state index is 12.7. The highest BCUT2D eigenvalue weighted by molar-refractivity contribution is 5.55. The second kappa shape index (κ2) is 8.17. The Bertz CT molecular complexity index is 411. The SMILES string of the molecule is Cc1ccc(N(CCO)CC(F)F)c(CNC(C)C)c1. The fourth-order valence-electron chi connectivity index (χ4n) is 2.08. The minimum absolute atomic E-state index is 0.141. The van der Waals surface area contributed by atoms with Gasteiger partial charge in [-0.2, -0.15) is 0 Å². The highest BCUT2D eigenvalue weighted by atomic mass is 19.3. The third-order valence-electron chi connectivity index (χ3n) is 3.00. The largest absolute Gasteiger partial charge is 0.395 e. The highest BCUT2D eigenvalue weighted by Crippen LogP contribution is 2.23. The molecule has 5 heteroatoms. The van der Waals surface area contributed by atoms with Crippen molar-refractivity contribution in [2.24, 2.45) is 0 Å². The van der Waals surface area contributed by atoms with Crippen LogP contribution in [0.25, 0.3) is 0 Å². The second-order valence-electron chi connectivity index (χ2n) is 5.23. The molecule has 1 aromatic rings. The molecule has 0 aliphatic carbocycles. The van der Waals surface area contributed by atoms with E-state index in [1.165, 1.54) is 0 Å². The number of aliphatic hydroxyl groups excluding tert-OH is 1. The summed E-state index contributed by atoms with van der Waals surface area (Å²) in [5, 5.41) is 12.4. The summed E-state index contributed by atoms with van der Waals surface area (Å²) in [5.74, 6) is 0. The number of alkyl halides is 2. The summed E-state index contributed by atoms with van der Waals surface area (Å²) in [5.41, 5.74) is 2.83. The van der Waals surface area contributed by atoms with Crippen LogP contribution in [0, 0.1) is 6.92 Å². The number of anilines is 1. The van der Waals surface area contributed by atoms with E-state index in [1.54, 1.807) is 4.90 Å². The molecule has 1 rings (SSSR count). The van der Waals surface area contributed by atoms with Crippen LogP contribution < -0.4 is 10.2 Å². The molecule has 0 saturated carbocycles. The van der Waals surface area contributed by atoms with Crippen molar-refractivity contribution in [3.8, 4) is 0 Å². The lowest BCUT2D eigenvalue weighted by Crippen LogP contribution is -2.33. The second-order valence-corrected chi connectivity index (χ2v) is 5.23. The molecule has 20 heavy (non-hydrogen) atoms. The number of hydrogen-bond donors (Lipinski definition) is 2. The van der Waals surface area contributed by atoms with Crippen LogP contribution in [0.3, 0.4) is 0 Å². The van der Waals surface area contributed by atoms with Gasteiger partial charge in [0.25, 0.3) is 6.43 Å². The van der Waals surface area contributed by atoms with Crippen molar-refractivity contribution in [1.29, 1.82) is 0 Å². The summed E-state index contributed by atoms with van der Waals surface area (Å²) in [4.78, 5) is 1.54. The number of aryl methyl sites for hydroxylation is 1. The van der Waals surface area contributed by atoms with E-state index >= 15 is 0 Å². The third kappa shape index (κ3) is 5.43. The fraction of sp³-hybridized carbons (Fsp3) is 0.600. The van der Waals surface area contributed by atoms with E-state index in [-0.39, 0.29) is 19.7 Å². The Labute approximate surface area is 119 Å². The van der Waals surface area contributed by atoms with Crippen LogP contribution in [0.1, 0.15) is 25.0 Å². The maximum Gasteiger partial charge on any atom is 0.255 e. The van der Waals surface area contributed by atoms with Gasteiger partial charge in [0, 0.05) is 24.8 Å². The average Bonchev–Trinajstić information content (AvgIpc) is 2.35. The number of hydrogen-bond acceptors (Lipinski definition) is 3. The van der Waals surface area contributed by atoms with E-state index in [9.17, 15) is 8.78 Å². The Kier molecular flexibility index (Phi) is 6.88. The Balaban J connectivity index is 2.99. The molecule has 1 aromatic carbocycles. The predicted molar refractivity (Wildman–Crippen MR) is 78.5 cm³/mol. The summed E-state index contributed by atoms with van der Waals surface area (Å²) in [7, 11) is 0. The first-order chi connectivity index (χ1) is 9.43. The average molecular weight is 286 g/mol. The lowest BCUT2D eigenvalue weighted by Gasteiger charge is -2.27. The third-order valence-corrected chi connectivity index (χ3v) is 3.00. The van der Waals surface area contributed by atoms with Gasteiger partial charge < -0.3 is 15.3 Å². The van der Waals surface area contributed by atoms with Gasteiger partial charge in [0.1, 0.15) is 0 Å². The molecule has 0 atom stereocenters. The van der Waals surface area contributed by atoms with E-state index in [2.05, 4.69) is 5.32 Å². The Morgan fingerprint density at radius 1 is 1.30 bits per heavy atom. The van der Waals surface area contributed by atoms with Crippen molar-refractivity contribution in [3.63, 3.8) is 0 Å². The van der Waals surface area contributed by atoms with Gasteiger partial charge in [-0.25, -0.2) is 8.78 Å². The zero-order valence-electron chi connectivity index (χ0n) is 12.4. The molecule has 3 nitrogen and oxygen atoms in total. The Hall–Kier alpha value is -1.20. The molecular weight excluding hydrogens is 262 g/mol. The zero-order chi connectivity index (χ0) is 15.1. The number of aliphatic hydroxyl groups is 1. The van der Waals surface area contributed by atoms with Crippen LogP contribution in [0.5, 0.6) is 0 Å². The van der Waals surface area contributed by atoms with Crippen LogP contribution in [0.15, 0.2) is 18.2 Å². The molecule has 0 spiro atoms. The van der Waals surface area contributed by atoms with Crippen molar-refractivity contribution in [1.82, 2.24) is 5.32 Å². The molecule has 0 aromatic heterocycles. The first-order valence-electron chi connectivity index (χ1n) is 6.91. The molecule has 2 N–H and O–H groups in total. The van der Waals surface area contributed by atoms with Crippen molar-refractivity contribution >= 4 is 5.69 Å². The van der Waals surface area contributed by atoms with Gasteiger partial charge in [-0.15, -0.1) is 0 Å². The molecule has 0 aliphatic heterocycles. The summed E-state index contributed by atoms with van der Waals surface area (Å²) in [6, 6.07) is 6.08. The number of rotatable bonds is 8. The smallest absolute Gasteiger partial charge is 0.255 e. The molecule has 0 saturated heterocycles. The molecule has 0 fully saturated rings. The van der Waals surface area contributed by atoms with Gasteiger partial charge in [0.05, 0.1) is 13.2 Å². The number of nitrogens with zero attached hydrogens (tertiary/aromatic N) is 1. The van der Waals surface area contributed by atoms with Crippen molar-refractivity contribution in [3.05, 3.63) is 29.3 Å². The minimum Gasteiger partial charge on any atom is -0.395 e. The van der Waals surface area contributed by atoms with Gasteiger partial charge in [0.15, 0.2) is 0 Å². The predicted octanol–water partition coefficient (Wildman–Crippen LogP) is 2.56. The van der Waals surface area contributed by atoms with Crippen molar-refractivity contribution in [2.45, 2.75) is 39.8 Å². The molecule has 0 amide bonds. The topological polar surface area (TPSA) is 35.5 Å². The van der Waals surface area contributed by atoms with Gasteiger partial charge >= 0.3 is 0 Å². The van der Waals surface area contributed by atoms with Crippen molar-refractivity contribution in [2.75, 3.05) is 24.6 Å². The standard InChI is InChI=1S/C15H24F2N2O/c1-11(2)18-9-13-8-12(3)4-5-14(13)19(6-7-20)10-15(16)17/h4-5,8,11,15,18,20H,6-7,9-10H2,1-3H3. The zero-order valence-corrected chi connectivity index (χ0v) is 12.4. The number of nitrogens with one attached hydrogen (secondary N) is 1. The fourth-order valence-corrected chi connectivity index (χ4v) is 2.08. The van der Waals surface area contributed by atoms with E-state index in [4.69, 9.17) is 5.11 Å². The Morgan fingerprint density at radius 2 is 2.00 bits per heavy atom. The minimum atomic E-state index is -2.42. The number of benzene rings is 1. The lowest BCUT2D eigenvalue weighted by molar-refractivity contribution is 0.152. The van der Waals surface area contributed by atoms with Crippen LogP contribution in [0.4, 0.5) is 14.5 Å². The molecule has 0 heterocycles. The van der Waals surface area contributed by atoms with Gasteiger partial charge in [-0.1, -0.05) is 31.5 Å². The quantitative estimate of drug-likeness (QED) is 0.771. The molecule has 114 valence electrons. The lowest BCUT2D eigenvalue weighted by atomic mass is 10.1. The van der Waals surface area contributed by atoms with Crippen LogP contribution in [-0.4, -0.2) is 37.3 Å². The van der Waals surface area contributed by atoms with Crippen molar-refractivity contribution < 1.29 is 13.9 Å². The first kappa shape index (κ1) is 16.9. The molecule has 0 radical (unpaired) electrons. The van der Waals surface area contributed by atoms with Crippen LogP contribution in [-0.2, 0) is 6.54 Å². The molecule has 0 unspecified atom stereocenters. The van der Waals surface area contributed by atoms with Crippen LogP contribution >= 0.6 is 0 Å². The van der Waals surface area contributed by atoms with Crippen LogP contribution in [0.2, 0.25) is 0 Å². The van der Waals surface area contributed by atoms with E-state index in [1.807, 2.05) is 39.0 Å². The summed E-state index contributed by atoms with van der Waals surface area (Å²) >= 11 is 0. The monoisotopic (exact) mass is 286 g/mol. The highest BCUT2D eigenvalue weighted by Gasteiger charge is 2.15. The van der Waals surface area contributed by atoms with Gasteiger partial charge in [-0.3, -0.25) is 0 Å². The normalized spacial score (nSPS) is 11.4.